The summed E-state index contributed by atoms with van der Waals surface area (Å²) in [6, 6.07) is 10.7. The lowest BCUT2D eigenvalue weighted by Gasteiger charge is -2.35. The zero-order valence-corrected chi connectivity index (χ0v) is 20.0. The first-order chi connectivity index (χ1) is 16.2. The maximum atomic E-state index is 13.0. The number of piperazine rings is 1. The van der Waals surface area contributed by atoms with Crippen LogP contribution in [0.4, 0.5) is 0 Å². The summed E-state index contributed by atoms with van der Waals surface area (Å²) in [6.45, 7) is 3.09. The van der Waals surface area contributed by atoms with Crippen molar-refractivity contribution < 1.29 is 27.5 Å². The van der Waals surface area contributed by atoms with E-state index in [2.05, 4.69) is 9.71 Å². The van der Waals surface area contributed by atoms with Crippen molar-refractivity contribution in [1.82, 2.24) is 14.5 Å². The lowest BCUT2D eigenvalue weighted by Crippen LogP contribution is -2.52. The summed E-state index contributed by atoms with van der Waals surface area (Å²) in [7, 11) is -0.631. The van der Waals surface area contributed by atoms with E-state index in [-0.39, 0.29) is 22.5 Å². The SMILES string of the molecule is COc1ccc(C(=O)N2CCN(C(=O)[C@H](C)N=C3NS(=O)(=O)c4ccccc43)CC2)cc1OC. The third kappa shape index (κ3) is 4.43. The fourth-order valence-electron chi connectivity index (χ4n) is 4.02. The van der Waals surface area contributed by atoms with E-state index in [9.17, 15) is 18.0 Å². The van der Waals surface area contributed by atoms with E-state index in [1.807, 2.05) is 0 Å². The normalized spacial score (nSPS) is 18.7. The molecule has 4 rings (SSSR count). The zero-order valence-electron chi connectivity index (χ0n) is 19.1. The van der Waals surface area contributed by atoms with E-state index in [0.29, 0.717) is 48.8 Å². The number of benzene rings is 2. The summed E-state index contributed by atoms with van der Waals surface area (Å²) in [5, 5.41) is 0. The van der Waals surface area contributed by atoms with Crippen LogP contribution in [0.15, 0.2) is 52.4 Å². The number of sulfonamides is 1. The standard InChI is InChI=1S/C23H26N4O6S/c1-15(24-21-17-6-4-5-7-20(17)34(30,31)25-21)22(28)26-10-12-27(13-11-26)23(29)16-8-9-18(32-2)19(14-16)33-3/h4-9,14-15H,10-13H2,1-3H3,(H,24,25)/t15-/m0/s1. The van der Waals surface area contributed by atoms with E-state index >= 15 is 0 Å². The molecule has 0 bridgehead atoms. The average Bonchev–Trinajstić information content (AvgIpc) is 3.12. The number of nitrogens with zero attached hydrogens (tertiary/aromatic N) is 3. The second-order valence-electron chi connectivity index (χ2n) is 7.94. The van der Waals surface area contributed by atoms with Crippen LogP contribution in [-0.2, 0) is 14.8 Å². The summed E-state index contributed by atoms with van der Waals surface area (Å²) in [4.78, 5) is 33.7. The third-order valence-electron chi connectivity index (χ3n) is 5.85. The molecule has 2 aliphatic heterocycles. The van der Waals surface area contributed by atoms with Crippen LogP contribution in [0.25, 0.3) is 0 Å². The molecule has 0 aromatic heterocycles. The Kier molecular flexibility index (Phi) is 6.47. The van der Waals surface area contributed by atoms with Gasteiger partial charge in [-0.05, 0) is 37.3 Å². The fourth-order valence-corrected chi connectivity index (χ4v) is 5.26. The summed E-state index contributed by atoms with van der Waals surface area (Å²) in [5.74, 6) is 0.794. The molecule has 0 aliphatic carbocycles. The highest BCUT2D eigenvalue weighted by Gasteiger charge is 2.32. The highest BCUT2D eigenvalue weighted by Crippen LogP contribution is 2.28. The van der Waals surface area contributed by atoms with Crippen LogP contribution < -0.4 is 14.2 Å². The molecule has 2 aliphatic rings. The van der Waals surface area contributed by atoms with Gasteiger partial charge in [-0.25, -0.2) is 8.42 Å². The maximum absolute atomic E-state index is 13.0. The van der Waals surface area contributed by atoms with Gasteiger partial charge in [0.1, 0.15) is 11.9 Å². The van der Waals surface area contributed by atoms with Crippen molar-refractivity contribution in [2.24, 2.45) is 4.99 Å². The van der Waals surface area contributed by atoms with Crippen LogP contribution in [-0.4, -0.2) is 82.3 Å². The highest BCUT2D eigenvalue weighted by molar-refractivity contribution is 7.90. The van der Waals surface area contributed by atoms with Crippen molar-refractivity contribution in [1.29, 1.82) is 0 Å². The van der Waals surface area contributed by atoms with Crippen molar-refractivity contribution >= 4 is 27.7 Å². The van der Waals surface area contributed by atoms with Crippen molar-refractivity contribution in [3.63, 3.8) is 0 Å². The molecule has 0 unspecified atom stereocenters. The number of nitrogens with one attached hydrogen (secondary N) is 1. The van der Waals surface area contributed by atoms with Gasteiger partial charge in [-0.3, -0.25) is 19.3 Å². The molecule has 1 atom stereocenters. The topological polar surface area (TPSA) is 118 Å². The number of hydrogen-bond acceptors (Lipinski definition) is 7. The minimum atomic E-state index is -3.67. The van der Waals surface area contributed by atoms with E-state index in [1.165, 1.54) is 20.3 Å². The van der Waals surface area contributed by atoms with Gasteiger partial charge in [-0.2, -0.15) is 0 Å². The lowest BCUT2D eigenvalue weighted by molar-refractivity contribution is -0.133. The first-order valence-corrected chi connectivity index (χ1v) is 12.2. The van der Waals surface area contributed by atoms with Gasteiger partial charge in [-0.1, -0.05) is 12.1 Å². The zero-order chi connectivity index (χ0) is 24.5. The van der Waals surface area contributed by atoms with E-state index < -0.39 is 16.1 Å². The molecular weight excluding hydrogens is 460 g/mol. The predicted molar refractivity (Wildman–Crippen MR) is 125 cm³/mol. The van der Waals surface area contributed by atoms with E-state index in [4.69, 9.17) is 9.47 Å². The molecule has 1 saturated heterocycles. The Labute approximate surface area is 198 Å². The number of carbonyl (C=O) groups excluding carboxylic acids is 2. The first-order valence-electron chi connectivity index (χ1n) is 10.7. The second kappa shape index (κ2) is 9.34. The smallest absolute Gasteiger partial charge is 0.263 e. The molecule has 2 heterocycles. The van der Waals surface area contributed by atoms with Crippen LogP contribution in [0, 0.1) is 0 Å². The lowest BCUT2D eigenvalue weighted by atomic mass is 10.1. The fraction of sp³-hybridized carbons (Fsp3) is 0.348. The van der Waals surface area contributed by atoms with E-state index in [1.54, 1.807) is 53.1 Å². The Morgan fingerprint density at radius 3 is 2.29 bits per heavy atom. The highest BCUT2D eigenvalue weighted by atomic mass is 32.2. The van der Waals surface area contributed by atoms with Gasteiger partial charge in [0.2, 0.25) is 5.91 Å². The molecule has 2 aromatic carbocycles. The number of methoxy groups -OCH3 is 2. The minimum absolute atomic E-state index is 0.149. The number of ether oxygens (including phenoxy) is 2. The van der Waals surface area contributed by atoms with Crippen LogP contribution in [0.2, 0.25) is 0 Å². The number of amides is 2. The Morgan fingerprint density at radius 2 is 1.62 bits per heavy atom. The van der Waals surface area contributed by atoms with Gasteiger partial charge in [0, 0.05) is 37.3 Å². The monoisotopic (exact) mass is 486 g/mol. The second-order valence-corrected chi connectivity index (χ2v) is 9.59. The Morgan fingerprint density at radius 1 is 0.971 bits per heavy atom. The molecule has 0 saturated carbocycles. The summed E-state index contributed by atoms with van der Waals surface area (Å²) in [5.41, 5.74) is 0.928. The first kappa shape index (κ1) is 23.6. The van der Waals surface area contributed by atoms with Gasteiger partial charge >= 0.3 is 0 Å². The molecule has 1 fully saturated rings. The van der Waals surface area contributed by atoms with Crippen LogP contribution >= 0.6 is 0 Å². The molecule has 180 valence electrons. The number of amidine groups is 1. The number of hydrogen-bond donors (Lipinski definition) is 1. The van der Waals surface area contributed by atoms with Crippen molar-refractivity contribution in [2.75, 3.05) is 40.4 Å². The van der Waals surface area contributed by atoms with Crippen LogP contribution in [0.1, 0.15) is 22.8 Å². The van der Waals surface area contributed by atoms with Crippen molar-refractivity contribution in [3.05, 3.63) is 53.6 Å². The molecule has 2 aromatic rings. The molecule has 0 radical (unpaired) electrons. The van der Waals surface area contributed by atoms with Gasteiger partial charge in [0.05, 0.1) is 19.1 Å². The summed E-state index contributed by atoms with van der Waals surface area (Å²) in [6.07, 6.45) is 0. The molecule has 11 heteroatoms. The number of carbonyl (C=O) groups is 2. The Hall–Kier alpha value is -3.60. The Balaban J connectivity index is 1.40. The number of aliphatic imine (C=N–C) groups is 1. The molecule has 0 spiro atoms. The van der Waals surface area contributed by atoms with Gasteiger partial charge < -0.3 is 19.3 Å². The molecule has 2 amide bonds. The van der Waals surface area contributed by atoms with Crippen molar-refractivity contribution in [2.45, 2.75) is 17.9 Å². The number of rotatable bonds is 5. The van der Waals surface area contributed by atoms with Crippen LogP contribution in [0.5, 0.6) is 11.5 Å². The number of fused-ring (bicyclic) bond motifs is 1. The molecule has 10 nitrogen and oxygen atoms in total. The van der Waals surface area contributed by atoms with Crippen molar-refractivity contribution in [3.8, 4) is 11.5 Å². The Bertz CT molecular complexity index is 1250. The maximum Gasteiger partial charge on any atom is 0.263 e. The predicted octanol–water partition coefficient (Wildman–Crippen LogP) is 1.12. The van der Waals surface area contributed by atoms with Gasteiger partial charge in [0.15, 0.2) is 11.5 Å². The summed E-state index contributed by atoms with van der Waals surface area (Å²) >= 11 is 0. The third-order valence-corrected chi connectivity index (χ3v) is 7.25. The largest absolute Gasteiger partial charge is 0.493 e. The van der Waals surface area contributed by atoms with E-state index in [0.717, 1.165) is 0 Å². The minimum Gasteiger partial charge on any atom is -0.493 e. The quantitative estimate of drug-likeness (QED) is 0.677. The van der Waals surface area contributed by atoms with Crippen LogP contribution in [0.3, 0.4) is 0 Å². The molecule has 34 heavy (non-hydrogen) atoms. The summed E-state index contributed by atoms with van der Waals surface area (Å²) < 4.78 is 37.5. The van der Waals surface area contributed by atoms with Gasteiger partial charge in [0.25, 0.3) is 15.9 Å². The average molecular weight is 487 g/mol. The molecular formula is C23H26N4O6S. The van der Waals surface area contributed by atoms with Gasteiger partial charge in [-0.15, -0.1) is 0 Å². The molecule has 1 N–H and O–H groups in total.